The Bertz CT molecular complexity index is 782. The fourth-order valence-corrected chi connectivity index (χ4v) is 4.19. The monoisotopic (exact) mass is 420 g/mol. The van der Waals surface area contributed by atoms with E-state index >= 15 is 0 Å². The molecule has 2 aromatic rings. The number of likely N-dealkylation sites (tertiary alicyclic amines) is 1. The summed E-state index contributed by atoms with van der Waals surface area (Å²) in [6.07, 6.45) is 1.96. The van der Waals surface area contributed by atoms with Gasteiger partial charge in [0.2, 0.25) is 11.7 Å². The van der Waals surface area contributed by atoms with Gasteiger partial charge in [-0.25, -0.2) is 4.79 Å². The number of carbonyl (C=O) groups excluding carboxylic acids is 1. The van der Waals surface area contributed by atoms with Crippen molar-refractivity contribution in [3.63, 3.8) is 0 Å². The van der Waals surface area contributed by atoms with E-state index in [1.807, 2.05) is 56.3 Å². The minimum atomic E-state index is -0.485. The number of thiophene rings is 1. The first kappa shape index (κ1) is 21.8. The van der Waals surface area contributed by atoms with Gasteiger partial charge in [0.15, 0.2) is 0 Å². The lowest BCUT2D eigenvalue weighted by atomic mass is 9.97. The van der Waals surface area contributed by atoms with Crippen molar-refractivity contribution in [3.05, 3.63) is 22.7 Å². The highest BCUT2D eigenvalue weighted by Crippen LogP contribution is 2.23. The molecule has 7 nitrogen and oxygen atoms in total. The van der Waals surface area contributed by atoms with Crippen LogP contribution < -0.4 is 0 Å². The largest absolute Gasteiger partial charge is 0.444 e. The lowest BCUT2D eigenvalue weighted by Gasteiger charge is -2.37. The van der Waals surface area contributed by atoms with Crippen molar-refractivity contribution >= 4 is 17.4 Å². The Kier molecular flexibility index (Phi) is 6.95. The molecule has 29 heavy (non-hydrogen) atoms. The van der Waals surface area contributed by atoms with Crippen LogP contribution in [-0.2, 0) is 11.3 Å². The zero-order chi connectivity index (χ0) is 21.0. The molecule has 1 atom stereocenters. The van der Waals surface area contributed by atoms with Gasteiger partial charge < -0.3 is 14.2 Å². The van der Waals surface area contributed by atoms with Gasteiger partial charge >= 0.3 is 6.09 Å². The Hall–Kier alpha value is -1.93. The summed E-state index contributed by atoms with van der Waals surface area (Å²) in [7, 11) is 0. The van der Waals surface area contributed by atoms with Crippen LogP contribution in [0.5, 0.6) is 0 Å². The number of amides is 1. The quantitative estimate of drug-likeness (QED) is 0.677. The number of hydrogen-bond acceptors (Lipinski definition) is 7. The number of nitrogens with zero attached hydrogens (tertiary/aromatic N) is 4. The maximum Gasteiger partial charge on any atom is 0.410 e. The zero-order valence-corrected chi connectivity index (χ0v) is 18.9. The molecule has 2 aromatic heterocycles. The van der Waals surface area contributed by atoms with Crippen molar-refractivity contribution in [2.75, 3.05) is 19.6 Å². The van der Waals surface area contributed by atoms with Gasteiger partial charge in [-0.15, -0.1) is 0 Å². The molecule has 3 rings (SSSR count). The number of hydrogen-bond donors (Lipinski definition) is 0. The van der Waals surface area contributed by atoms with Gasteiger partial charge in [0.05, 0.1) is 6.54 Å². The summed E-state index contributed by atoms with van der Waals surface area (Å²) in [4.78, 5) is 21.3. The predicted octanol–water partition coefficient (Wildman–Crippen LogP) is 4.66. The minimum absolute atomic E-state index is 0.101. The van der Waals surface area contributed by atoms with Crippen LogP contribution in [0.4, 0.5) is 4.79 Å². The fraction of sp³-hybridized carbons (Fsp3) is 0.667. The molecule has 0 N–H and O–H groups in total. The summed E-state index contributed by atoms with van der Waals surface area (Å²) in [6.45, 7) is 13.0. The van der Waals surface area contributed by atoms with Gasteiger partial charge in [-0.2, -0.15) is 16.3 Å². The molecule has 1 amide bonds. The maximum absolute atomic E-state index is 12.6. The second-order valence-electron chi connectivity index (χ2n) is 8.99. The fourth-order valence-electron chi connectivity index (χ4n) is 3.56. The molecular weight excluding hydrogens is 388 g/mol. The highest BCUT2D eigenvalue weighted by Gasteiger charge is 2.29. The lowest BCUT2D eigenvalue weighted by Crippen LogP contribution is -2.46. The molecule has 0 spiro atoms. The first-order valence-electron chi connectivity index (χ1n) is 10.3. The molecule has 0 aliphatic carbocycles. The second-order valence-corrected chi connectivity index (χ2v) is 9.77. The molecule has 1 aliphatic heterocycles. The van der Waals surface area contributed by atoms with Crippen LogP contribution >= 0.6 is 11.3 Å². The molecule has 160 valence electrons. The maximum atomic E-state index is 12.6. The van der Waals surface area contributed by atoms with E-state index in [0.29, 0.717) is 30.7 Å². The van der Waals surface area contributed by atoms with E-state index in [1.165, 1.54) is 0 Å². The molecule has 0 radical (unpaired) electrons. The number of piperidine rings is 1. The molecule has 1 unspecified atom stereocenters. The Labute approximate surface area is 177 Å². The molecular formula is C21H32N4O3S. The van der Waals surface area contributed by atoms with Crippen molar-refractivity contribution in [3.8, 4) is 11.4 Å². The number of carbonyl (C=O) groups is 1. The van der Waals surface area contributed by atoms with Crippen molar-refractivity contribution < 1.29 is 14.1 Å². The Morgan fingerprint density at radius 3 is 2.90 bits per heavy atom. The second kappa shape index (κ2) is 9.26. The van der Waals surface area contributed by atoms with Crippen LogP contribution in [0, 0.1) is 5.92 Å². The van der Waals surface area contributed by atoms with Crippen molar-refractivity contribution in [1.29, 1.82) is 0 Å². The van der Waals surface area contributed by atoms with Crippen molar-refractivity contribution in [1.82, 2.24) is 19.9 Å². The normalized spacial score (nSPS) is 18.2. The molecule has 1 saturated heterocycles. The van der Waals surface area contributed by atoms with E-state index in [1.54, 1.807) is 11.3 Å². The third-order valence-corrected chi connectivity index (χ3v) is 5.60. The van der Waals surface area contributed by atoms with Gasteiger partial charge in [-0.3, -0.25) is 4.90 Å². The van der Waals surface area contributed by atoms with Crippen LogP contribution in [0.3, 0.4) is 0 Å². The van der Waals surface area contributed by atoms with E-state index in [0.717, 1.165) is 31.5 Å². The smallest absolute Gasteiger partial charge is 0.410 e. The highest BCUT2D eigenvalue weighted by atomic mass is 32.1. The summed E-state index contributed by atoms with van der Waals surface area (Å²) in [5.74, 6) is 1.68. The van der Waals surface area contributed by atoms with Crippen LogP contribution in [-0.4, -0.2) is 57.3 Å². The molecule has 0 bridgehead atoms. The summed E-state index contributed by atoms with van der Waals surface area (Å²) < 4.78 is 11.1. The summed E-state index contributed by atoms with van der Waals surface area (Å²) in [5.41, 5.74) is 0.507. The average Bonchev–Trinajstić information content (AvgIpc) is 3.29. The minimum Gasteiger partial charge on any atom is -0.444 e. The van der Waals surface area contributed by atoms with Crippen LogP contribution in [0.15, 0.2) is 21.3 Å². The van der Waals surface area contributed by atoms with E-state index < -0.39 is 5.60 Å². The van der Waals surface area contributed by atoms with E-state index in [2.05, 4.69) is 15.0 Å². The molecule has 1 aliphatic rings. The molecule has 3 heterocycles. The molecule has 8 heteroatoms. The highest BCUT2D eigenvalue weighted by molar-refractivity contribution is 7.08. The number of rotatable bonds is 6. The Morgan fingerprint density at radius 2 is 2.24 bits per heavy atom. The molecule has 0 saturated carbocycles. The average molecular weight is 421 g/mol. The standard InChI is InChI=1S/C21H32N4O3S/c1-15(2)25(20(26)27-21(3,4)5)12-16-7-6-9-24(11-16)13-18-22-19(23-28-18)17-8-10-29-14-17/h8,10,14-16H,6-7,9,11-13H2,1-5H3. The third-order valence-electron chi connectivity index (χ3n) is 4.92. The van der Waals surface area contributed by atoms with Crippen molar-refractivity contribution in [2.45, 2.75) is 65.6 Å². The molecule has 0 aromatic carbocycles. The number of ether oxygens (including phenoxy) is 1. The lowest BCUT2D eigenvalue weighted by molar-refractivity contribution is 0.0115. The molecule has 1 fully saturated rings. The van der Waals surface area contributed by atoms with Gasteiger partial charge in [-0.1, -0.05) is 5.16 Å². The Balaban J connectivity index is 1.57. The van der Waals surface area contributed by atoms with Crippen molar-refractivity contribution in [2.24, 2.45) is 5.92 Å². The zero-order valence-electron chi connectivity index (χ0n) is 18.1. The number of aromatic nitrogens is 2. The van der Waals surface area contributed by atoms with Gasteiger partial charge in [0, 0.05) is 30.1 Å². The van der Waals surface area contributed by atoms with Crippen LogP contribution in [0.1, 0.15) is 53.4 Å². The van der Waals surface area contributed by atoms with E-state index in [4.69, 9.17) is 9.26 Å². The summed E-state index contributed by atoms with van der Waals surface area (Å²) in [5, 5.41) is 8.12. The third kappa shape index (κ3) is 6.27. The summed E-state index contributed by atoms with van der Waals surface area (Å²) >= 11 is 1.62. The summed E-state index contributed by atoms with van der Waals surface area (Å²) in [6, 6.07) is 2.09. The van der Waals surface area contributed by atoms with Gasteiger partial charge in [0.25, 0.3) is 0 Å². The first-order valence-corrected chi connectivity index (χ1v) is 11.2. The Morgan fingerprint density at radius 1 is 1.45 bits per heavy atom. The topological polar surface area (TPSA) is 71.7 Å². The van der Waals surface area contributed by atoms with E-state index in [-0.39, 0.29) is 12.1 Å². The van der Waals surface area contributed by atoms with Crippen LogP contribution in [0.25, 0.3) is 11.4 Å². The van der Waals surface area contributed by atoms with Gasteiger partial charge in [0.1, 0.15) is 5.60 Å². The van der Waals surface area contributed by atoms with Gasteiger partial charge in [-0.05, 0) is 71.4 Å². The van der Waals surface area contributed by atoms with E-state index in [9.17, 15) is 4.79 Å². The first-order chi connectivity index (χ1) is 13.7. The SMILES string of the molecule is CC(C)N(CC1CCCN(Cc2nc(-c3ccsc3)no2)C1)C(=O)OC(C)(C)C. The van der Waals surface area contributed by atoms with Crippen LogP contribution in [0.2, 0.25) is 0 Å². The predicted molar refractivity (Wildman–Crippen MR) is 114 cm³/mol.